The van der Waals surface area contributed by atoms with Crippen LogP contribution in [-0.4, -0.2) is 18.4 Å². The Morgan fingerprint density at radius 3 is 2.42 bits per heavy atom. The van der Waals surface area contributed by atoms with Crippen molar-refractivity contribution in [1.29, 1.82) is 0 Å². The van der Waals surface area contributed by atoms with Gasteiger partial charge in [0, 0.05) is 5.69 Å². The monoisotopic (exact) mass is 329 g/mol. The molecule has 126 valence electrons. The summed E-state index contributed by atoms with van der Waals surface area (Å²) in [5, 5.41) is 3.00. The standard InChI is InChI=1S/C18H20FN3O2/c1-12-7-8-16(13(2)9-12)20-11-18(24)22-21-17(23)10-14-5-3-4-6-15(14)19/h3-9,20H,10-11H2,1-2H3,(H,21,23)(H,22,24). The summed E-state index contributed by atoms with van der Waals surface area (Å²) in [6.45, 7) is 3.96. The lowest BCUT2D eigenvalue weighted by Gasteiger charge is -2.11. The Morgan fingerprint density at radius 2 is 1.71 bits per heavy atom. The summed E-state index contributed by atoms with van der Waals surface area (Å²) >= 11 is 0. The van der Waals surface area contributed by atoms with Crippen LogP contribution in [0.25, 0.3) is 0 Å². The molecule has 0 aromatic heterocycles. The Hall–Kier alpha value is -2.89. The second-order valence-corrected chi connectivity index (χ2v) is 5.54. The van der Waals surface area contributed by atoms with Gasteiger partial charge in [0.05, 0.1) is 13.0 Å². The first kappa shape index (κ1) is 17.5. The topological polar surface area (TPSA) is 70.2 Å². The predicted molar refractivity (Wildman–Crippen MR) is 90.8 cm³/mol. The van der Waals surface area contributed by atoms with E-state index in [1.807, 2.05) is 32.0 Å². The van der Waals surface area contributed by atoms with Crippen molar-refractivity contribution in [2.24, 2.45) is 0 Å². The summed E-state index contributed by atoms with van der Waals surface area (Å²) in [4.78, 5) is 23.5. The Balaban J connectivity index is 1.76. The minimum Gasteiger partial charge on any atom is -0.376 e. The van der Waals surface area contributed by atoms with Crippen LogP contribution in [0.4, 0.5) is 10.1 Å². The number of hydrogen-bond donors (Lipinski definition) is 3. The van der Waals surface area contributed by atoms with Gasteiger partial charge in [-0.3, -0.25) is 20.4 Å². The maximum atomic E-state index is 13.4. The van der Waals surface area contributed by atoms with E-state index in [2.05, 4.69) is 16.2 Å². The van der Waals surface area contributed by atoms with Crippen LogP contribution in [0.2, 0.25) is 0 Å². The van der Waals surface area contributed by atoms with E-state index in [-0.39, 0.29) is 18.5 Å². The van der Waals surface area contributed by atoms with Crippen LogP contribution in [0.1, 0.15) is 16.7 Å². The van der Waals surface area contributed by atoms with Crippen LogP contribution in [-0.2, 0) is 16.0 Å². The Labute approximate surface area is 140 Å². The van der Waals surface area contributed by atoms with Crippen molar-refractivity contribution < 1.29 is 14.0 Å². The van der Waals surface area contributed by atoms with E-state index in [1.54, 1.807) is 12.1 Å². The molecule has 0 spiro atoms. The largest absolute Gasteiger partial charge is 0.376 e. The second kappa shape index (κ2) is 8.10. The number of benzene rings is 2. The number of hydrogen-bond acceptors (Lipinski definition) is 3. The van der Waals surface area contributed by atoms with Gasteiger partial charge in [-0.05, 0) is 37.1 Å². The van der Waals surface area contributed by atoms with Gasteiger partial charge in [-0.2, -0.15) is 0 Å². The minimum absolute atomic E-state index is 0.0177. The minimum atomic E-state index is -0.486. The van der Waals surface area contributed by atoms with Gasteiger partial charge in [0.15, 0.2) is 0 Å². The molecule has 0 aliphatic carbocycles. The van der Waals surface area contributed by atoms with Gasteiger partial charge in [-0.25, -0.2) is 4.39 Å². The first-order chi connectivity index (χ1) is 11.5. The third-order valence-corrected chi connectivity index (χ3v) is 3.47. The van der Waals surface area contributed by atoms with E-state index in [0.717, 1.165) is 16.8 Å². The van der Waals surface area contributed by atoms with Gasteiger partial charge in [0.25, 0.3) is 5.91 Å². The third kappa shape index (κ3) is 5.08. The Bertz CT molecular complexity index is 747. The number of rotatable bonds is 5. The van der Waals surface area contributed by atoms with Crippen molar-refractivity contribution in [2.45, 2.75) is 20.3 Å². The van der Waals surface area contributed by atoms with Crippen LogP contribution in [0.5, 0.6) is 0 Å². The highest BCUT2D eigenvalue weighted by molar-refractivity contribution is 5.85. The molecule has 0 saturated heterocycles. The van der Waals surface area contributed by atoms with Crippen LogP contribution in [0, 0.1) is 19.7 Å². The van der Waals surface area contributed by atoms with Crippen molar-refractivity contribution in [3.05, 3.63) is 65.0 Å². The molecule has 0 radical (unpaired) electrons. The summed E-state index contributed by atoms with van der Waals surface area (Å²) in [5.74, 6) is -1.33. The molecule has 0 aliphatic heterocycles. The number of nitrogens with one attached hydrogen (secondary N) is 3. The van der Waals surface area contributed by atoms with E-state index in [1.165, 1.54) is 12.1 Å². The van der Waals surface area contributed by atoms with E-state index in [0.29, 0.717) is 0 Å². The Morgan fingerprint density at radius 1 is 1.00 bits per heavy atom. The fourth-order valence-corrected chi connectivity index (χ4v) is 2.23. The summed E-state index contributed by atoms with van der Waals surface area (Å²) in [6.07, 6.45) is -0.141. The average molecular weight is 329 g/mol. The summed E-state index contributed by atoms with van der Waals surface area (Å²) < 4.78 is 13.4. The molecular formula is C18H20FN3O2. The van der Waals surface area contributed by atoms with E-state index >= 15 is 0 Å². The number of amides is 2. The molecule has 0 atom stereocenters. The summed E-state index contributed by atoms with van der Waals surface area (Å²) in [6, 6.07) is 11.9. The maximum Gasteiger partial charge on any atom is 0.257 e. The maximum absolute atomic E-state index is 13.4. The predicted octanol–water partition coefficient (Wildman–Crippen LogP) is 2.24. The van der Waals surface area contributed by atoms with Gasteiger partial charge < -0.3 is 5.32 Å². The van der Waals surface area contributed by atoms with Gasteiger partial charge in [-0.1, -0.05) is 35.9 Å². The van der Waals surface area contributed by atoms with Gasteiger partial charge in [0.1, 0.15) is 5.82 Å². The van der Waals surface area contributed by atoms with Crippen molar-refractivity contribution in [1.82, 2.24) is 10.9 Å². The zero-order valence-electron chi connectivity index (χ0n) is 13.7. The first-order valence-electron chi connectivity index (χ1n) is 7.58. The van der Waals surface area contributed by atoms with E-state index < -0.39 is 17.6 Å². The lowest BCUT2D eigenvalue weighted by atomic mass is 10.1. The molecular weight excluding hydrogens is 309 g/mol. The van der Waals surface area contributed by atoms with Gasteiger partial charge >= 0.3 is 0 Å². The van der Waals surface area contributed by atoms with Crippen molar-refractivity contribution in [3.63, 3.8) is 0 Å². The average Bonchev–Trinajstić information content (AvgIpc) is 2.54. The lowest BCUT2D eigenvalue weighted by Crippen LogP contribution is -2.44. The molecule has 0 saturated carbocycles. The molecule has 2 aromatic rings. The van der Waals surface area contributed by atoms with E-state index in [9.17, 15) is 14.0 Å². The number of aryl methyl sites for hydroxylation is 2. The first-order valence-corrected chi connectivity index (χ1v) is 7.58. The SMILES string of the molecule is Cc1ccc(NCC(=O)NNC(=O)Cc2ccccc2F)c(C)c1. The number of carbonyl (C=O) groups is 2. The number of hydrazine groups is 1. The van der Waals surface area contributed by atoms with Crippen LogP contribution in [0.15, 0.2) is 42.5 Å². The molecule has 2 amide bonds. The molecule has 2 rings (SSSR count). The third-order valence-electron chi connectivity index (χ3n) is 3.47. The zero-order valence-corrected chi connectivity index (χ0v) is 13.7. The van der Waals surface area contributed by atoms with Crippen LogP contribution in [0.3, 0.4) is 0 Å². The molecule has 6 heteroatoms. The normalized spacial score (nSPS) is 10.1. The molecule has 2 aromatic carbocycles. The quantitative estimate of drug-likeness (QED) is 0.737. The molecule has 0 aliphatic rings. The molecule has 0 fully saturated rings. The van der Waals surface area contributed by atoms with Crippen molar-refractivity contribution in [2.75, 3.05) is 11.9 Å². The van der Waals surface area contributed by atoms with Crippen molar-refractivity contribution >= 4 is 17.5 Å². The summed E-state index contributed by atoms with van der Waals surface area (Å²) in [7, 11) is 0. The summed E-state index contributed by atoms with van der Waals surface area (Å²) in [5.41, 5.74) is 7.88. The number of carbonyl (C=O) groups excluding carboxylic acids is 2. The van der Waals surface area contributed by atoms with Crippen molar-refractivity contribution in [3.8, 4) is 0 Å². The van der Waals surface area contributed by atoms with Crippen LogP contribution < -0.4 is 16.2 Å². The van der Waals surface area contributed by atoms with Gasteiger partial charge in [-0.15, -0.1) is 0 Å². The highest BCUT2D eigenvalue weighted by atomic mass is 19.1. The van der Waals surface area contributed by atoms with Gasteiger partial charge in [0.2, 0.25) is 5.91 Å². The highest BCUT2D eigenvalue weighted by Crippen LogP contribution is 2.15. The fraction of sp³-hybridized carbons (Fsp3) is 0.222. The molecule has 3 N–H and O–H groups in total. The number of anilines is 1. The molecule has 0 heterocycles. The fourth-order valence-electron chi connectivity index (χ4n) is 2.23. The number of halogens is 1. The molecule has 0 unspecified atom stereocenters. The smallest absolute Gasteiger partial charge is 0.257 e. The van der Waals surface area contributed by atoms with Crippen LogP contribution >= 0.6 is 0 Å². The zero-order chi connectivity index (χ0) is 17.5. The molecule has 0 bridgehead atoms. The molecule has 24 heavy (non-hydrogen) atoms. The Kier molecular flexibility index (Phi) is 5.89. The lowest BCUT2D eigenvalue weighted by molar-refractivity contribution is -0.127. The highest BCUT2D eigenvalue weighted by Gasteiger charge is 2.09. The second-order valence-electron chi connectivity index (χ2n) is 5.54. The molecule has 5 nitrogen and oxygen atoms in total. The van der Waals surface area contributed by atoms with E-state index in [4.69, 9.17) is 0 Å².